The van der Waals surface area contributed by atoms with E-state index in [1.165, 1.54) is 25.7 Å². The molecule has 0 bridgehead atoms. The van der Waals surface area contributed by atoms with E-state index in [4.69, 9.17) is 4.74 Å². The first-order valence-corrected chi connectivity index (χ1v) is 17.2. The third-order valence-electron chi connectivity index (χ3n) is 1.28. The van der Waals surface area contributed by atoms with Crippen molar-refractivity contribution in [1.82, 2.24) is 0 Å². The second-order valence-corrected chi connectivity index (χ2v) is 35.7. The van der Waals surface area contributed by atoms with Gasteiger partial charge in [0.25, 0.3) is 0 Å². The van der Waals surface area contributed by atoms with Crippen molar-refractivity contribution in [3.8, 4) is 0 Å². The van der Waals surface area contributed by atoms with E-state index < -0.39 is 0 Å². The molecule has 0 heterocycles. The molecule has 1 nitrogen and oxygen atoms in total. The molecule has 0 amide bonds. The van der Waals surface area contributed by atoms with Crippen molar-refractivity contribution in [3.05, 3.63) is 0 Å². The van der Waals surface area contributed by atoms with Crippen LogP contribution < -0.4 is 0 Å². The Balaban J connectivity index is 0. The van der Waals surface area contributed by atoms with Gasteiger partial charge in [0.1, 0.15) is 0 Å². The molecule has 0 aliphatic rings. The first kappa shape index (κ1) is 18.1. The van der Waals surface area contributed by atoms with Crippen molar-refractivity contribution < 1.29 is 4.74 Å². The van der Waals surface area contributed by atoms with Crippen LogP contribution in [0.3, 0.4) is 0 Å². The Morgan fingerprint density at radius 3 is 1.46 bits per heavy atom. The molecule has 0 aromatic rings. The van der Waals surface area contributed by atoms with E-state index in [-0.39, 0.29) is 4.30 Å². The zero-order valence-corrected chi connectivity index (χ0v) is 16.0. The summed E-state index contributed by atoms with van der Waals surface area (Å²) in [7, 11) is 0. The molecule has 0 aromatic heterocycles. The van der Waals surface area contributed by atoms with Crippen molar-refractivity contribution >= 4 is 65.1 Å². The summed E-state index contributed by atoms with van der Waals surface area (Å²) < 4.78 is 5.09. The first-order valence-electron chi connectivity index (χ1n) is 4.65. The summed E-state index contributed by atoms with van der Waals surface area (Å²) in [5.74, 6) is 0. The number of ether oxygens (including phenoxy) is 1. The predicted octanol–water partition coefficient (Wildman–Crippen LogP) is 4.88. The molecule has 0 fully saturated rings. The number of hydrogen-bond acceptors (Lipinski definition) is 1. The van der Waals surface area contributed by atoms with E-state index in [0.29, 0.717) is 0 Å². The fourth-order valence-corrected chi connectivity index (χ4v) is 0.595. The average molecular weight is 538 g/mol. The van der Waals surface area contributed by atoms with Crippen molar-refractivity contribution in [2.24, 2.45) is 0 Å². The first-order chi connectivity index (χ1) is 6.15. The largest absolute Gasteiger partial charge is 0.524 e. The molecule has 0 spiro atoms. The fourth-order valence-electron chi connectivity index (χ4n) is 0.595. The molecular formula is C8H18AlI3O. The standard InChI is InChI=1S/C8H18O.Al.3HI/c1-3-5-7-9-8-6-4-2;;;;/h3-8H2,1-2H3;;3*1H/q;+3;;;/p-3. The van der Waals surface area contributed by atoms with Crippen LogP contribution in [-0.2, 0) is 4.74 Å². The van der Waals surface area contributed by atoms with Crippen LogP contribution in [0.25, 0.3) is 0 Å². The summed E-state index contributed by atoms with van der Waals surface area (Å²) in [4.78, 5) is 0. The van der Waals surface area contributed by atoms with E-state index in [0.717, 1.165) is 13.2 Å². The molecule has 0 rings (SSSR count). The molecule has 0 aliphatic heterocycles. The highest BCUT2D eigenvalue weighted by molar-refractivity contribution is 14.4. The van der Waals surface area contributed by atoms with Crippen LogP contribution in [0.4, 0.5) is 0 Å². The van der Waals surface area contributed by atoms with Gasteiger partial charge in [-0.2, -0.15) is 60.8 Å². The van der Waals surface area contributed by atoms with Crippen LogP contribution in [0.2, 0.25) is 0 Å². The summed E-state index contributed by atoms with van der Waals surface area (Å²) in [6.07, 6.45) is 4.91. The highest BCUT2D eigenvalue weighted by atomic mass is 127. The maximum Gasteiger partial charge on any atom is 0.524 e. The molecule has 0 saturated heterocycles. The van der Waals surface area contributed by atoms with Crippen molar-refractivity contribution in [1.29, 1.82) is 0 Å². The minimum Gasteiger partial charge on any atom is -0.381 e. The Morgan fingerprint density at radius 2 is 1.23 bits per heavy atom. The lowest BCUT2D eigenvalue weighted by Gasteiger charge is -1.99. The van der Waals surface area contributed by atoms with Gasteiger partial charge in [0.15, 0.2) is 0 Å². The Morgan fingerprint density at radius 1 is 0.923 bits per heavy atom. The Bertz CT molecular complexity index is 75.0. The molecule has 0 N–H and O–H groups in total. The Kier molecular flexibility index (Phi) is 23.7. The normalized spacial score (nSPS) is 9.00. The fraction of sp³-hybridized carbons (Fsp3) is 1.00. The van der Waals surface area contributed by atoms with E-state index in [1.807, 2.05) is 0 Å². The van der Waals surface area contributed by atoms with Gasteiger partial charge in [-0.05, 0) is 12.8 Å². The maximum absolute atomic E-state index is 5.31. The van der Waals surface area contributed by atoms with Gasteiger partial charge in [-0.25, -0.2) is 0 Å². The number of unbranched alkanes of at least 4 members (excludes halogenated alkanes) is 2. The monoisotopic (exact) mass is 538 g/mol. The summed E-state index contributed by atoms with van der Waals surface area (Å²) in [6.45, 7) is 6.28. The Labute approximate surface area is 121 Å². The molecule has 13 heavy (non-hydrogen) atoms. The number of hydrogen-bond donors (Lipinski definition) is 0. The van der Waals surface area contributed by atoms with Crippen molar-refractivity contribution in [2.45, 2.75) is 39.5 Å². The van der Waals surface area contributed by atoms with Crippen LogP contribution in [-0.4, -0.2) is 17.5 Å². The van der Waals surface area contributed by atoms with Crippen LogP contribution in [0.5, 0.6) is 0 Å². The summed E-state index contributed by atoms with van der Waals surface area (Å²) in [5, 5.41) is 0. The second kappa shape index (κ2) is 17.1. The van der Waals surface area contributed by atoms with Crippen molar-refractivity contribution in [2.75, 3.05) is 13.2 Å². The van der Waals surface area contributed by atoms with E-state index in [9.17, 15) is 0 Å². The Hall–Kier alpha value is 2.68. The third kappa shape index (κ3) is 31.3. The average Bonchev–Trinajstić information content (AvgIpc) is 2.03. The maximum atomic E-state index is 5.31. The zero-order valence-electron chi connectivity index (χ0n) is 8.36. The van der Waals surface area contributed by atoms with Crippen LogP contribution >= 0.6 is 60.8 Å². The van der Waals surface area contributed by atoms with Gasteiger partial charge in [0.2, 0.25) is 0 Å². The van der Waals surface area contributed by atoms with Crippen LogP contribution in [0.15, 0.2) is 0 Å². The highest BCUT2D eigenvalue weighted by Gasteiger charge is 1.94. The molecule has 0 radical (unpaired) electrons. The minimum absolute atomic E-state index is 0.229. The smallest absolute Gasteiger partial charge is 0.381 e. The lowest BCUT2D eigenvalue weighted by molar-refractivity contribution is 0.128. The molecule has 0 atom stereocenters. The summed E-state index contributed by atoms with van der Waals surface area (Å²) >= 11 is 7.37. The lowest BCUT2D eigenvalue weighted by Crippen LogP contribution is -1.95. The molecule has 0 aromatic carbocycles. The summed E-state index contributed by atoms with van der Waals surface area (Å²) in [6, 6.07) is 0. The number of halogens is 3. The van der Waals surface area contributed by atoms with E-state index >= 15 is 0 Å². The topological polar surface area (TPSA) is 9.23 Å². The quantitative estimate of drug-likeness (QED) is 0.267. The van der Waals surface area contributed by atoms with Crippen LogP contribution in [0, 0.1) is 0 Å². The molecular weight excluding hydrogens is 520 g/mol. The summed E-state index contributed by atoms with van der Waals surface area (Å²) in [5.41, 5.74) is 0. The molecule has 0 unspecified atom stereocenters. The molecule has 0 aliphatic carbocycles. The second-order valence-electron chi connectivity index (χ2n) is 2.57. The van der Waals surface area contributed by atoms with Crippen molar-refractivity contribution in [3.63, 3.8) is 0 Å². The van der Waals surface area contributed by atoms with Gasteiger partial charge >= 0.3 is 4.30 Å². The van der Waals surface area contributed by atoms with Gasteiger partial charge < -0.3 is 4.74 Å². The lowest BCUT2D eigenvalue weighted by atomic mass is 10.3. The van der Waals surface area contributed by atoms with Gasteiger partial charge in [-0.3, -0.25) is 0 Å². The highest BCUT2D eigenvalue weighted by Crippen LogP contribution is 2.10. The molecule has 80 valence electrons. The van der Waals surface area contributed by atoms with Gasteiger partial charge in [-0.1, -0.05) is 26.7 Å². The minimum atomic E-state index is -0.229. The predicted molar refractivity (Wildman–Crippen MR) is 88.4 cm³/mol. The van der Waals surface area contributed by atoms with Gasteiger partial charge in [-0.15, -0.1) is 0 Å². The van der Waals surface area contributed by atoms with Gasteiger partial charge in [0.05, 0.1) is 0 Å². The van der Waals surface area contributed by atoms with E-state index in [2.05, 4.69) is 74.7 Å². The molecule has 0 saturated carbocycles. The van der Waals surface area contributed by atoms with Crippen LogP contribution in [0.1, 0.15) is 39.5 Å². The number of rotatable bonds is 6. The zero-order chi connectivity index (χ0) is 10.5. The SMILES string of the molecule is CCCCOCCCC.[I][Al]([I])[I]. The van der Waals surface area contributed by atoms with E-state index in [1.54, 1.807) is 0 Å². The van der Waals surface area contributed by atoms with Gasteiger partial charge in [0, 0.05) is 13.2 Å². The third-order valence-corrected chi connectivity index (χ3v) is 1.28. The molecule has 5 heteroatoms.